The first-order chi connectivity index (χ1) is 11.6. The molecule has 2 aromatic rings. The van der Waals surface area contributed by atoms with Gasteiger partial charge in [-0.1, -0.05) is 13.8 Å². The Morgan fingerprint density at radius 3 is 2.58 bits per heavy atom. The number of carbonyl (C=O) groups excluding carboxylic acids is 1. The second kappa shape index (κ2) is 7.16. The molecule has 0 atom stereocenters. The van der Waals surface area contributed by atoms with Crippen molar-refractivity contribution >= 4 is 17.5 Å². The number of carbonyl (C=O) groups is 1. The fourth-order valence-electron chi connectivity index (χ4n) is 2.16. The van der Waals surface area contributed by atoms with Crippen molar-refractivity contribution in [2.45, 2.75) is 13.8 Å². The van der Waals surface area contributed by atoms with E-state index in [1.807, 2.05) is 0 Å². The molecule has 3 rings (SSSR count). The Morgan fingerprint density at radius 1 is 1.17 bits per heavy atom. The SMILES string of the molecule is CC(C)CNc1ncc(C(=O)Nc2ccc3c(c2)OCCO3)cn1. The van der Waals surface area contributed by atoms with E-state index >= 15 is 0 Å². The molecule has 0 saturated heterocycles. The Morgan fingerprint density at radius 2 is 1.88 bits per heavy atom. The van der Waals surface area contributed by atoms with E-state index in [0.717, 1.165) is 6.54 Å². The molecule has 1 aliphatic rings. The molecule has 2 N–H and O–H groups in total. The van der Waals surface area contributed by atoms with Crippen molar-refractivity contribution in [2.75, 3.05) is 30.4 Å². The zero-order valence-electron chi connectivity index (χ0n) is 13.7. The van der Waals surface area contributed by atoms with Crippen molar-refractivity contribution < 1.29 is 14.3 Å². The van der Waals surface area contributed by atoms with Gasteiger partial charge in [0.2, 0.25) is 5.95 Å². The number of rotatable bonds is 5. The summed E-state index contributed by atoms with van der Waals surface area (Å²) >= 11 is 0. The molecule has 7 heteroatoms. The monoisotopic (exact) mass is 328 g/mol. The van der Waals surface area contributed by atoms with Crippen LogP contribution in [-0.4, -0.2) is 35.6 Å². The van der Waals surface area contributed by atoms with Crippen LogP contribution in [0.15, 0.2) is 30.6 Å². The van der Waals surface area contributed by atoms with Gasteiger partial charge >= 0.3 is 0 Å². The van der Waals surface area contributed by atoms with Crippen LogP contribution < -0.4 is 20.1 Å². The number of amides is 1. The van der Waals surface area contributed by atoms with Crippen LogP contribution in [0.5, 0.6) is 11.5 Å². The highest BCUT2D eigenvalue weighted by Gasteiger charge is 2.14. The molecule has 1 aromatic heterocycles. The van der Waals surface area contributed by atoms with Gasteiger partial charge in [0.25, 0.3) is 5.91 Å². The van der Waals surface area contributed by atoms with E-state index in [9.17, 15) is 4.79 Å². The molecule has 0 saturated carbocycles. The number of hydrogen-bond donors (Lipinski definition) is 2. The fourth-order valence-corrected chi connectivity index (χ4v) is 2.16. The average Bonchev–Trinajstić information content (AvgIpc) is 2.60. The number of fused-ring (bicyclic) bond motifs is 1. The molecule has 0 radical (unpaired) electrons. The first-order valence-electron chi connectivity index (χ1n) is 7.89. The number of nitrogens with zero attached hydrogens (tertiary/aromatic N) is 2. The van der Waals surface area contributed by atoms with Crippen molar-refractivity contribution in [3.05, 3.63) is 36.2 Å². The van der Waals surface area contributed by atoms with Crippen LogP contribution in [0, 0.1) is 5.92 Å². The van der Waals surface area contributed by atoms with Crippen LogP contribution in [-0.2, 0) is 0 Å². The van der Waals surface area contributed by atoms with Crippen LogP contribution in [0.4, 0.5) is 11.6 Å². The molecule has 7 nitrogen and oxygen atoms in total. The van der Waals surface area contributed by atoms with Crippen LogP contribution in [0.2, 0.25) is 0 Å². The smallest absolute Gasteiger partial charge is 0.258 e. The first-order valence-corrected chi connectivity index (χ1v) is 7.89. The predicted octanol–water partition coefficient (Wildman–Crippen LogP) is 2.57. The summed E-state index contributed by atoms with van der Waals surface area (Å²) in [7, 11) is 0. The maximum atomic E-state index is 12.3. The lowest BCUT2D eigenvalue weighted by Crippen LogP contribution is -2.17. The highest BCUT2D eigenvalue weighted by molar-refractivity contribution is 6.04. The van der Waals surface area contributed by atoms with Gasteiger partial charge in [0.1, 0.15) is 13.2 Å². The van der Waals surface area contributed by atoms with Crippen molar-refractivity contribution in [2.24, 2.45) is 5.92 Å². The molecule has 0 bridgehead atoms. The predicted molar refractivity (Wildman–Crippen MR) is 90.7 cm³/mol. The van der Waals surface area contributed by atoms with Crippen LogP contribution in [0.1, 0.15) is 24.2 Å². The van der Waals surface area contributed by atoms with E-state index < -0.39 is 0 Å². The minimum absolute atomic E-state index is 0.276. The standard InChI is InChI=1S/C17H20N4O3/c1-11(2)8-18-17-19-9-12(10-20-17)16(22)21-13-3-4-14-15(7-13)24-6-5-23-14/h3-4,7,9-11H,5-6,8H2,1-2H3,(H,21,22)(H,18,19,20). The molecule has 0 fully saturated rings. The lowest BCUT2D eigenvalue weighted by molar-refractivity contribution is 0.102. The Kier molecular flexibility index (Phi) is 4.79. The third kappa shape index (κ3) is 3.92. The maximum Gasteiger partial charge on any atom is 0.258 e. The molecular weight excluding hydrogens is 308 g/mol. The van der Waals surface area contributed by atoms with Gasteiger partial charge in [0.05, 0.1) is 5.56 Å². The second-order valence-corrected chi connectivity index (χ2v) is 5.88. The van der Waals surface area contributed by atoms with Gasteiger partial charge < -0.3 is 20.1 Å². The minimum atomic E-state index is -0.276. The molecule has 0 aliphatic carbocycles. The van der Waals surface area contributed by atoms with Crippen LogP contribution in [0.3, 0.4) is 0 Å². The van der Waals surface area contributed by atoms with E-state index in [1.165, 1.54) is 12.4 Å². The topological polar surface area (TPSA) is 85.4 Å². The highest BCUT2D eigenvalue weighted by Crippen LogP contribution is 2.32. The number of ether oxygens (including phenoxy) is 2. The van der Waals surface area contributed by atoms with Crippen LogP contribution >= 0.6 is 0 Å². The van der Waals surface area contributed by atoms with Crippen molar-refractivity contribution in [1.29, 1.82) is 0 Å². The lowest BCUT2D eigenvalue weighted by Gasteiger charge is -2.19. The van der Waals surface area contributed by atoms with Gasteiger partial charge in [0.15, 0.2) is 11.5 Å². The van der Waals surface area contributed by atoms with Gasteiger partial charge in [-0.2, -0.15) is 0 Å². The Labute approximate surface area is 140 Å². The second-order valence-electron chi connectivity index (χ2n) is 5.88. The summed E-state index contributed by atoms with van der Waals surface area (Å²) in [5.41, 5.74) is 1.02. The van der Waals surface area contributed by atoms with Gasteiger partial charge in [-0.15, -0.1) is 0 Å². The molecule has 1 aromatic carbocycles. The van der Waals surface area contributed by atoms with Gasteiger partial charge in [-0.05, 0) is 18.1 Å². The maximum absolute atomic E-state index is 12.3. The van der Waals surface area contributed by atoms with Gasteiger partial charge in [-0.3, -0.25) is 4.79 Å². The Bertz CT molecular complexity index is 716. The summed E-state index contributed by atoms with van der Waals surface area (Å²) in [6, 6.07) is 5.29. The normalized spacial score (nSPS) is 12.8. The molecule has 126 valence electrons. The molecule has 2 heterocycles. The molecule has 1 aliphatic heterocycles. The van der Waals surface area contributed by atoms with Crippen molar-refractivity contribution in [3.8, 4) is 11.5 Å². The third-order valence-electron chi connectivity index (χ3n) is 3.38. The number of anilines is 2. The van der Waals surface area contributed by atoms with Crippen molar-refractivity contribution in [3.63, 3.8) is 0 Å². The summed E-state index contributed by atoms with van der Waals surface area (Å²) in [6.07, 6.45) is 3.01. The Hall–Kier alpha value is -2.83. The van der Waals surface area contributed by atoms with E-state index in [-0.39, 0.29) is 5.91 Å². The highest BCUT2D eigenvalue weighted by atomic mass is 16.6. The van der Waals surface area contributed by atoms with Gasteiger partial charge in [0, 0.05) is 30.7 Å². The average molecular weight is 328 g/mol. The van der Waals surface area contributed by atoms with Crippen molar-refractivity contribution in [1.82, 2.24) is 9.97 Å². The molecule has 0 unspecified atom stereocenters. The Balaban J connectivity index is 1.64. The molecule has 24 heavy (non-hydrogen) atoms. The molecule has 1 amide bonds. The van der Waals surface area contributed by atoms with Gasteiger partial charge in [-0.25, -0.2) is 9.97 Å². The third-order valence-corrected chi connectivity index (χ3v) is 3.38. The zero-order chi connectivity index (χ0) is 16.9. The quantitative estimate of drug-likeness (QED) is 0.877. The summed E-state index contributed by atoms with van der Waals surface area (Å²) in [4.78, 5) is 20.6. The van der Waals surface area contributed by atoms with E-state index in [2.05, 4.69) is 34.4 Å². The van der Waals surface area contributed by atoms with Crippen LogP contribution in [0.25, 0.3) is 0 Å². The minimum Gasteiger partial charge on any atom is -0.486 e. The number of nitrogens with one attached hydrogen (secondary N) is 2. The summed E-state index contributed by atoms with van der Waals surface area (Å²) in [6.45, 7) is 6.02. The number of benzene rings is 1. The fraction of sp³-hybridized carbons (Fsp3) is 0.353. The first kappa shape index (κ1) is 16.0. The van der Waals surface area contributed by atoms with E-state index in [4.69, 9.17) is 9.47 Å². The molecular formula is C17H20N4O3. The van der Waals surface area contributed by atoms with E-state index in [0.29, 0.717) is 47.8 Å². The zero-order valence-corrected chi connectivity index (χ0v) is 13.7. The summed E-state index contributed by atoms with van der Waals surface area (Å²) < 4.78 is 11.0. The van der Waals surface area contributed by atoms with E-state index in [1.54, 1.807) is 18.2 Å². The number of hydrogen-bond acceptors (Lipinski definition) is 6. The summed E-state index contributed by atoms with van der Waals surface area (Å²) in [5.74, 6) is 2.04. The molecule has 0 spiro atoms. The summed E-state index contributed by atoms with van der Waals surface area (Å²) in [5, 5.41) is 5.91. The lowest BCUT2D eigenvalue weighted by atomic mass is 10.2. The largest absolute Gasteiger partial charge is 0.486 e. The number of aromatic nitrogens is 2.